The van der Waals surface area contributed by atoms with Gasteiger partial charge in [0.15, 0.2) is 0 Å². The number of hydrogen-bond acceptors (Lipinski definition) is 1. The number of rotatable bonds is 4. The second-order valence-electron chi connectivity index (χ2n) is 4.57. The third-order valence-corrected chi connectivity index (χ3v) is 3.50. The first-order chi connectivity index (χ1) is 7.73. The van der Waals surface area contributed by atoms with Crippen molar-refractivity contribution in [1.29, 1.82) is 0 Å². The van der Waals surface area contributed by atoms with Crippen molar-refractivity contribution in [1.82, 2.24) is 0 Å². The van der Waals surface area contributed by atoms with E-state index in [1.54, 1.807) is 18.2 Å². The van der Waals surface area contributed by atoms with E-state index >= 15 is 0 Å². The Labute approximate surface area is 104 Å². The predicted octanol–water partition coefficient (Wildman–Crippen LogP) is 3.89. The molecule has 0 aliphatic heterocycles. The number of halogens is 3. The van der Waals surface area contributed by atoms with E-state index in [0.717, 1.165) is 12.1 Å². The number of benzene rings is 1. The molecule has 0 bridgehead atoms. The zero-order valence-corrected chi connectivity index (χ0v) is 11.0. The Morgan fingerprint density at radius 2 is 1.76 bits per heavy atom. The quantitative estimate of drug-likeness (QED) is 0.587. The van der Waals surface area contributed by atoms with Gasteiger partial charge in [0, 0.05) is 10.5 Å². The number of hydrogen-bond donors (Lipinski definition) is 0. The van der Waals surface area contributed by atoms with Crippen LogP contribution in [0.25, 0.3) is 0 Å². The van der Waals surface area contributed by atoms with Gasteiger partial charge in [-0.1, -0.05) is 18.2 Å². The summed E-state index contributed by atoms with van der Waals surface area (Å²) in [6.45, 7) is 3.51. The second-order valence-corrected chi connectivity index (χ2v) is 5.67. The molecule has 0 amide bonds. The van der Waals surface area contributed by atoms with Crippen molar-refractivity contribution in [3.8, 4) is 0 Å². The molecule has 0 fully saturated rings. The Balaban J connectivity index is 2.92. The van der Waals surface area contributed by atoms with Crippen molar-refractivity contribution in [3.63, 3.8) is 0 Å². The highest BCUT2D eigenvalue weighted by Gasteiger charge is 2.31. The van der Waals surface area contributed by atoms with Crippen molar-refractivity contribution in [3.05, 3.63) is 29.8 Å². The van der Waals surface area contributed by atoms with Gasteiger partial charge in [-0.25, -0.2) is 0 Å². The summed E-state index contributed by atoms with van der Waals surface area (Å²) in [6, 6.07) is 6.72. The molecule has 0 spiro atoms. The van der Waals surface area contributed by atoms with Crippen LogP contribution in [0.1, 0.15) is 12.5 Å². The van der Waals surface area contributed by atoms with Gasteiger partial charge in [-0.05, 0) is 24.8 Å². The van der Waals surface area contributed by atoms with Crippen LogP contribution in [0.3, 0.4) is 0 Å². The molecule has 0 radical (unpaired) electrons. The highest BCUT2D eigenvalue weighted by atomic mass is 32.2. The predicted molar refractivity (Wildman–Crippen MR) is 64.7 cm³/mol. The van der Waals surface area contributed by atoms with Gasteiger partial charge in [0.25, 0.3) is 0 Å². The number of quaternary nitrogens is 1. The monoisotopic (exact) mass is 264 g/mol. The SMILES string of the molecule is CC[N+](C)(C)Cc1ccccc1SC(F)(F)F. The van der Waals surface area contributed by atoms with Crippen molar-refractivity contribution in [2.45, 2.75) is 23.9 Å². The van der Waals surface area contributed by atoms with Crippen molar-refractivity contribution < 1.29 is 17.7 Å². The van der Waals surface area contributed by atoms with Crippen LogP contribution in [0.4, 0.5) is 13.2 Å². The number of alkyl halides is 3. The molecule has 0 atom stereocenters. The van der Waals surface area contributed by atoms with E-state index in [9.17, 15) is 13.2 Å². The first-order valence-corrected chi connectivity index (χ1v) is 6.21. The lowest BCUT2D eigenvalue weighted by molar-refractivity contribution is -0.902. The Morgan fingerprint density at radius 1 is 1.18 bits per heavy atom. The molecule has 17 heavy (non-hydrogen) atoms. The van der Waals surface area contributed by atoms with Gasteiger partial charge in [0.1, 0.15) is 6.54 Å². The fourth-order valence-corrected chi connectivity index (χ4v) is 2.09. The van der Waals surface area contributed by atoms with Crippen LogP contribution in [0.5, 0.6) is 0 Å². The summed E-state index contributed by atoms with van der Waals surface area (Å²) >= 11 is -0.0315. The second kappa shape index (κ2) is 5.31. The lowest BCUT2D eigenvalue weighted by atomic mass is 10.2. The van der Waals surface area contributed by atoms with E-state index < -0.39 is 5.51 Å². The fourth-order valence-electron chi connectivity index (χ4n) is 1.43. The maximum Gasteiger partial charge on any atom is 0.446 e. The molecule has 0 N–H and O–H groups in total. The van der Waals surface area contributed by atoms with Gasteiger partial charge in [0.2, 0.25) is 0 Å². The average Bonchev–Trinajstić information content (AvgIpc) is 2.19. The van der Waals surface area contributed by atoms with Crippen LogP contribution in [0.2, 0.25) is 0 Å². The number of thioether (sulfide) groups is 1. The molecule has 5 heteroatoms. The van der Waals surface area contributed by atoms with Gasteiger partial charge < -0.3 is 4.48 Å². The molecule has 0 unspecified atom stereocenters. The Morgan fingerprint density at radius 3 is 2.29 bits per heavy atom. The van der Waals surface area contributed by atoms with Gasteiger partial charge in [-0.3, -0.25) is 0 Å². The van der Waals surface area contributed by atoms with Gasteiger partial charge >= 0.3 is 5.51 Å². The zero-order chi connectivity index (χ0) is 13.1. The Kier molecular flexibility index (Phi) is 4.49. The first-order valence-electron chi connectivity index (χ1n) is 5.39. The van der Waals surface area contributed by atoms with Crippen molar-refractivity contribution >= 4 is 11.8 Å². The molecule has 0 aliphatic carbocycles. The van der Waals surface area contributed by atoms with Crippen LogP contribution >= 0.6 is 11.8 Å². The molecule has 0 aliphatic rings. The fraction of sp³-hybridized carbons (Fsp3) is 0.500. The number of nitrogens with zero attached hydrogens (tertiary/aromatic N) is 1. The van der Waals surface area contributed by atoms with E-state index in [1.807, 2.05) is 21.0 Å². The molecule has 1 rings (SSSR count). The summed E-state index contributed by atoms with van der Waals surface area (Å²) < 4.78 is 37.9. The van der Waals surface area contributed by atoms with Crippen LogP contribution in [0, 0.1) is 0 Å². The van der Waals surface area contributed by atoms with Crippen LogP contribution in [-0.4, -0.2) is 30.6 Å². The largest absolute Gasteiger partial charge is 0.446 e. The van der Waals surface area contributed by atoms with E-state index in [1.165, 1.54) is 6.07 Å². The standard InChI is InChI=1S/C12H17F3NS/c1-4-16(2,3)9-10-7-5-6-8-11(10)17-12(13,14)15/h5-8H,4,9H2,1-3H3/q+1. The third kappa shape index (κ3) is 5.00. The highest BCUT2D eigenvalue weighted by Crippen LogP contribution is 2.38. The molecule has 1 nitrogen and oxygen atoms in total. The Hall–Kier alpha value is -0.680. The topological polar surface area (TPSA) is 0 Å². The summed E-state index contributed by atoms with van der Waals surface area (Å²) in [4.78, 5) is 0.305. The zero-order valence-electron chi connectivity index (χ0n) is 10.2. The first kappa shape index (κ1) is 14.4. The van der Waals surface area contributed by atoms with Gasteiger partial charge in [-0.2, -0.15) is 13.2 Å². The van der Waals surface area contributed by atoms with Crippen LogP contribution in [0.15, 0.2) is 29.2 Å². The summed E-state index contributed by atoms with van der Waals surface area (Å²) in [5.41, 5.74) is -3.47. The van der Waals surface area contributed by atoms with E-state index in [0.29, 0.717) is 15.9 Å². The molecule has 0 saturated carbocycles. The molecular weight excluding hydrogens is 247 g/mol. The normalized spacial score (nSPS) is 12.8. The molecule has 0 aromatic heterocycles. The van der Waals surface area contributed by atoms with E-state index in [2.05, 4.69) is 0 Å². The average molecular weight is 264 g/mol. The summed E-state index contributed by atoms with van der Waals surface area (Å²) in [7, 11) is 4.02. The molecule has 96 valence electrons. The van der Waals surface area contributed by atoms with E-state index in [4.69, 9.17) is 0 Å². The third-order valence-electron chi connectivity index (χ3n) is 2.65. The highest BCUT2D eigenvalue weighted by molar-refractivity contribution is 8.00. The summed E-state index contributed by atoms with van der Waals surface area (Å²) in [5, 5.41) is 0. The lowest BCUT2D eigenvalue weighted by Crippen LogP contribution is -2.38. The maximum absolute atomic E-state index is 12.4. The van der Waals surface area contributed by atoms with Gasteiger partial charge in [0.05, 0.1) is 20.6 Å². The smallest absolute Gasteiger partial charge is 0.325 e. The summed E-state index contributed by atoms with van der Waals surface area (Å²) in [5.74, 6) is 0. The minimum atomic E-state index is -4.22. The van der Waals surface area contributed by atoms with Gasteiger partial charge in [-0.15, -0.1) is 0 Å². The molecule has 1 aromatic carbocycles. The molecular formula is C12H17F3NS+. The minimum absolute atomic E-state index is 0.0315. The Bertz CT molecular complexity index is 374. The minimum Gasteiger partial charge on any atom is -0.325 e. The summed E-state index contributed by atoms with van der Waals surface area (Å²) in [6.07, 6.45) is 0. The lowest BCUT2D eigenvalue weighted by Gasteiger charge is -2.29. The van der Waals surface area contributed by atoms with Crippen LogP contribution < -0.4 is 0 Å². The van der Waals surface area contributed by atoms with Crippen molar-refractivity contribution in [2.24, 2.45) is 0 Å². The maximum atomic E-state index is 12.4. The molecule has 1 aromatic rings. The molecule has 0 heterocycles. The van der Waals surface area contributed by atoms with E-state index in [-0.39, 0.29) is 11.8 Å². The van der Waals surface area contributed by atoms with Crippen LogP contribution in [-0.2, 0) is 6.54 Å². The molecule has 0 saturated heterocycles. The van der Waals surface area contributed by atoms with Crippen molar-refractivity contribution in [2.75, 3.05) is 20.6 Å².